The van der Waals surface area contributed by atoms with Crippen molar-refractivity contribution in [2.45, 2.75) is 45.1 Å². The summed E-state index contributed by atoms with van der Waals surface area (Å²) in [4.78, 5) is 0. The van der Waals surface area contributed by atoms with Crippen LogP contribution in [-0.4, -0.2) is 17.8 Å². The Morgan fingerprint density at radius 3 is 2.76 bits per heavy atom. The van der Waals surface area contributed by atoms with Crippen LogP contribution in [0.5, 0.6) is 0 Å². The van der Waals surface area contributed by atoms with Gasteiger partial charge in [-0.25, -0.2) is 0 Å². The summed E-state index contributed by atoms with van der Waals surface area (Å²) < 4.78 is 1.06. The summed E-state index contributed by atoms with van der Waals surface area (Å²) in [6, 6.07) is 8.23. The normalized spacial score (nSPS) is 12.4. The van der Waals surface area contributed by atoms with Crippen molar-refractivity contribution in [3.05, 3.63) is 28.7 Å². The fourth-order valence-corrected chi connectivity index (χ4v) is 2.24. The molecule has 0 saturated carbocycles. The quantitative estimate of drug-likeness (QED) is 0.705. The minimum Gasteiger partial charge on any atom is -0.394 e. The molecule has 0 aromatic heterocycles. The lowest BCUT2D eigenvalue weighted by molar-refractivity contribution is 0.266. The Morgan fingerprint density at radius 2 is 2.12 bits per heavy atom. The number of aliphatic hydroxyl groups is 1. The van der Waals surface area contributed by atoms with Gasteiger partial charge in [0.1, 0.15) is 0 Å². The molecule has 0 bridgehead atoms. The molecule has 1 aromatic rings. The number of halogens is 1. The molecule has 0 aliphatic rings. The van der Waals surface area contributed by atoms with E-state index in [1.807, 2.05) is 24.3 Å². The number of unbranched alkanes of at least 4 members (excludes halogenated alkanes) is 3. The van der Waals surface area contributed by atoms with Crippen LogP contribution < -0.4 is 5.32 Å². The largest absolute Gasteiger partial charge is 0.394 e. The first-order valence-electron chi connectivity index (χ1n) is 6.39. The first kappa shape index (κ1) is 14.5. The standard InChI is InChI=1S/C14H22BrNO/c1-2-3-4-5-8-14(11-17)16-13-9-6-7-12(15)10-13/h6-7,9-10,14,16-17H,2-5,8,11H2,1H3. The summed E-state index contributed by atoms with van der Waals surface area (Å²) in [5, 5.41) is 12.7. The van der Waals surface area contributed by atoms with Gasteiger partial charge in [-0.05, 0) is 24.6 Å². The van der Waals surface area contributed by atoms with Gasteiger partial charge in [0.25, 0.3) is 0 Å². The van der Waals surface area contributed by atoms with Crippen molar-refractivity contribution < 1.29 is 5.11 Å². The zero-order chi connectivity index (χ0) is 12.5. The zero-order valence-corrected chi connectivity index (χ0v) is 12.0. The van der Waals surface area contributed by atoms with E-state index in [0.717, 1.165) is 16.6 Å². The highest BCUT2D eigenvalue weighted by atomic mass is 79.9. The molecular formula is C14H22BrNO. The Bertz CT molecular complexity index is 317. The highest BCUT2D eigenvalue weighted by Gasteiger charge is 2.06. The smallest absolute Gasteiger partial charge is 0.0632 e. The van der Waals surface area contributed by atoms with Gasteiger partial charge in [0, 0.05) is 16.2 Å². The van der Waals surface area contributed by atoms with Crippen molar-refractivity contribution in [3.63, 3.8) is 0 Å². The van der Waals surface area contributed by atoms with E-state index in [-0.39, 0.29) is 12.6 Å². The van der Waals surface area contributed by atoms with Gasteiger partial charge in [-0.2, -0.15) is 0 Å². The van der Waals surface area contributed by atoms with E-state index in [4.69, 9.17) is 0 Å². The molecule has 17 heavy (non-hydrogen) atoms. The molecule has 0 fully saturated rings. The van der Waals surface area contributed by atoms with Crippen LogP contribution >= 0.6 is 15.9 Å². The van der Waals surface area contributed by atoms with Crippen LogP contribution in [0.1, 0.15) is 39.0 Å². The lowest BCUT2D eigenvalue weighted by Gasteiger charge is -2.17. The summed E-state index contributed by atoms with van der Waals surface area (Å²) in [6.07, 6.45) is 6.01. The third-order valence-electron chi connectivity index (χ3n) is 2.82. The summed E-state index contributed by atoms with van der Waals surface area (Å²) in [7, 11) is 0. The molecule has 0 amide bonds. The fourth-order valence-electron chi connectivity index (χ4n) is 1.84. The Hall–Kier alpha value is -0.540. The summed E-state index contributed by atoms with van der Waals surface area (Å²) in [5.74, 6) is 0. The number of nitrogens with one attached hydrogen (secondary N) is 1. The van der Waals surface area contributed by atoms with E-state index in [9.17, 15) is 5.11 Å². The number of anilines is 1. The maximum Gasteiger partial charge on any atom is 0.0632 e. The SMILES string of the molecule is CCCCCCC(CO)Nc1cccc(Br)c1. The third-order valence-corrected chi connectivity index (χ3v) is 3.32. The van der Waals surface area contributed by atoms with Crippen LogP contribution in [-0.2, 0) is 0 Å². The lowest BCUT2D eigenvalue weighted by atomic mass is 10.1. The van der Waals surface area contributed by atoms with E-state index in [1.54, 1.807) is 0 Å². The third kappa shape index (κ3) is 6.08. The second kappa shape index (κ2) is 8.54. The van der Waals surface area contributed by atoms with E-state index in [1.165, 1.54) is 25.7 Å². The van der Waals surface area contributed by atoms with Crippen LogP contribution in [0.15, 0.2) is 28.7 Å². The van der Waals surface area contributed by atoms with Crippen LogP contribution in [0.3, 0.4) is 0 Å². The van der Waals surface area contributed by atoms with Gasteiger partial charge in [-0.15, -0.1) is 0 Å². The van der Waals surface area contributed by atoms with Crippen LogP contribution in [0.2, 0.25) is 0 Å². The number of rotatable bonds is 8. The Balaban J connectivity index is 2.35. The molecule has 1 aromatic carbocycles. The van der Waals surface area contributed by atoms with Crippen molar-refractivity contribution >= 4 is 21.6 Å². The topological polar surface area (TPSA) is 32.3 Å². The molecule has 0 heterocycles. The molecule has 0 spiro atoms. The molecule has 2 nitrogen and oxygen atoms in total. The number of hydrogen-bond donors (Lipinski definition) is 2. The highest BCUT2D eigenvalue weighted by molar-refractivity contribution is 9.10. The Labute approximate surface area is 113 Å². The Morgan fingerprint density at radius 1 is 1.29 bits per heavy atom. The molecule has 1 rings (SSSR count). The maximum absolute atomic E-state index is 9.34. The summed E-state index contributed by atoms with van der Waals surface area (Å²) in [6.45, 7) is 2.40. The second-order valence-corrected chi connectivity index (χ2v) is 5.30. The molecule has 2 N–H and O–H groups in total. The number of hydrogen-bond acceptors (Lipinski definition) is 2. The average molecular weight is 300 g/mol. The van der Waals surface area contributed by atoms with Crippen LogP contribution in [0.25, 0.3) is 0 Å². The van der Waals surface area contributed by atoms with E-state index in [0.29, 0.717) is 0 Å². The predicted octanol–water partition coefficient (Wildman–Crippen LogP) is 4.19. The van der Waals surface area contributed by atoms with Crippen molar-refractivity contribution in [2.75, 3.05) is 11.9 Å². The predicted molar refractivity (Wildman–Crippen MR) is 77.4 cm³/mol. The van der Waals surface area contributed by atoms with Gasteiger partial charge in [-0.1, -0.05) is 54.6 Å². The van der Waals surface area contributed by atoms with Gasteiger partial charge in [0.2, 0.25) is 0 Å². The molecule has 1 atom stereocenters. The van der Waals surface area contributed by atoms with E-state index < -0.39 is 0 Å². The van der Waals surface area contributed by atoms with Crippen LogP contribution in [0, 0.1) is 0 Å². The van der Waals surface area contributed by atoms with E-state index >= 15 is 0 Å². The number of aliphatic hydroxyl groups excluding tert-OH is 1. The second-order valence-electron chi connectivity index (χ2n) is 4.38. The molecule has 1 unspecified atom stereocenters. The van der Waals surface area contributed by atoms with Gasteiger partial charge in [-0.3, -0.25) is 0 Å². The molecular weight excluding hydrogens is 278 g/mol. The Kier molecular flexibility index (Phi) is 7.29. The van der Waals surface area contributed by atoms with Gasteiger partial charge >= 0.3 is 0 Å². The van der Waals surface area contributed by atoms with E-state index in [2.05, 4.69) is 28.2 Å². The van der Waals surface area contributed by atoms with Crippen molar-refractivity contribution in [2.24, 2.45) is 0 Å². The minimum absolute atomic E-state index is 0.168. The highest BCUT2D eigenvalue weighted by Crippen LogP contribution is 2.17. The van der Waals surface area contributed by atoms with Gasteiger partial charge < -0.3 is 10.4 Å². The molecule has 96 valence electrons. The maximum atomic E-state index is 9.34. The molecule has 0 aliphatic heterocycles. The van der Waals surface area contributed by atoms with Crippen LogP contribution in [0.4, 0.5) is 5.69 Å². The zero-order valence-electron chi connectivity index (χ0n) is 10.5. The minimum atomic E-state index is 0.168. The lowest BCUT2D eigenvalue weighted by Crippen LogP contribution is -2.23. The fraction of sp³-hybridized carbons (Fsp3) is 0.571. The number of benzene rings is 1. The molecule has 0 saturated heterocycles. The monoisotopic (exact) mass is 299 g/mol. The van der Waals surface area contributed by atoms with Crippen molar-refractivity contribution in [3.8, 4) is 0 Å². The first-order valence-corrected chi connectivity index (χ1v) is 7.18. The van der Waals surface area contributed by atoms with Crippen molar-refractivity contribution in [1.29, 1.82) is 0 Å². The average Bonchev–Trinajstić information content (AvgIpc) is 2.33. The molecule has 0 aliphatic carbocycles. The van der Waals surface area contributed by atoms with Crippen molar-refractivity contribution in [1.82, 2.24) is 0 Å². The molecule has 0 radical (unpaired) electrons. The summed E-state index contributed by atoms with van der Waals surface area (Å²) in [5.41, 5.74) is 1.06. The molecule has 3 heteroatoms. The first-order chi connectivity index (χ1) is 8.26. The summed E-state index contributed by atoms with van der Waals surface area (Å²) >= 11 is 3.44. The van der Waals surface area contributed by atoms with Gasteiger partial charge in [0.05, 0.1) is 6.61 Å². The van der Waals surface area contributed by atoms with Gasteiger partial charge in [0.15, 0.2) is 0 Å².